The Morgan fingerprint density at radius 1 is 1.18 bits per heavy atom. The second kappa shape index (κ2) is 6.80. The van der Waals surface area contributed by atoms with Gasteiger partial charge in [-0.15, -0.1) is 11.3 Å². The zero-order chi connectivity index (χ0) is 19.1. The van der Waals surface area contributed by atoms with Crippen LogP contribution >= 0.6 is 23.1 Å². The summed E-state index contributed by atoms with van der Waals surface area (Å²) in [4.78, 5) is 26.0. The first-order valence-corrected chi connectivity index (χ1v) is 10.1. The number of benzene rings is 1. The number of thiazole rings is 1. The molecule has 0 spiro atoms. The first-order chi connectivity index (χ1) is 13.7. The SMILES string of the molecule is O=c1cc(CSc2ncnc3c2cnn3-c2ccc(F)cc2)nc2sccn12. The van der Waals surface area contributed by atoms with Crippen molar-refractivity contribution in [2.75, 3.05) is 0 Å². The third-order valence-electron chi connectivity index (χ3n) is 4.11. The number of thioether (sulfide) groups is 1. The molecule has 0 saturated heterocycles. The monoisotopic (exact) mass is 410 g/mol. The molecule has 138 valence electrons. The summed E-state index contributed by atoms with van der Waals surface area (Å²) in [5, 5.41) is 7.73. The van der Waals surface area contributed by atoms with Gasteiger partial charge in [0.25, 0.3) is 5.56 Å². The van der Waals surface area contributed by atoms with Crippen LogP contribution in [0.3, 0.4) is 0 Å². The van der Waals surface area contributed by atoms with Crippen LogP contribution in [0.2, 0.25) is 0 Å². The van der Waals surface area contributed by atoms with E-state index in [2.05, 4.69) is 20.1 Å². The van der Waals surface area contributed by atoms with Gasteiger partial charge in [-0.3, -0.25) is 9.20 Å². The predicted molar refractivity (Wildman–Crippen MR) is 106 cm³/mol. The molecule has 0 saturated carbocycles. The van der Waals surface area contributed by atoms with Gasteiger partial charge in [-0.05, 0) is 24.3 Å². The molecule has 28 heavy (non-hydrogen) atoms. The summed E-state index contributed by atoms with van der Waals surface area (Å²) in [7, 11) is 0. The molecule has 4 aromatic heterocycles. The minimum absolute atomic E-state index is 0.0983. The summed E-state index contributed by atoms with van der Waals surface area (Å²) in [5.41, 5.74) is 1.93. The zero-order valence-electron chi connectivity index (χ0n) is 14.2. The normalized spacial score (nSPS) is 11.5. The van der Waals surface area contributed by atoms with Crippen LogP contribution in [0.5, 0.6) is 0 Å². The maximum atomic E-state index is 13.2. The molecule has 0 aliphatic rings. The molecule has 0 aliphatic heterocycles. The van der Waals surface area contributed by atoms with E-state index in [-0.39, 0.29) is 11.4 Å². The summed E-state index contributed by atoms with van der Waals surface area (Å²) < 4.78 is 16.3. The maximum Gasteiger partial charge on any atom is 0.258 e. The Balaban J connectivity index is 1.47. The minimum Gasteiger partial charge on any atom is -0.269 e. The first kappa shape index (κ1) is 17.0. The van der Waals surface area contributed by atoms with Gasteiger partial charge in [0.1, 0.15) is 17.2 Å². The standard InChI is InChI=1S/C18H11FN6OS2/c19-11-1-3-13(4-2-11)25-16-14(8-22-25)17(21-10-20-16)28-9-12-7-15(26)24-5-6-27-18(24)23-12/h1-8,10H,9H2. The second-order valence-corrected chi connectivity index (χ2v) is 7.72. The molecule has 0 aliphatic carbocycles. The third-order valence-corrected chi connectivity index (χ3v) is 5.91. The van der Waals surface area contributed by atoms with E-state index in [1.54, 1.807) is 29.2 Å². The molecule has 5 rings (SSSR count). The Kier molecular flexibility index (Phi) is 4.14. The minimum atomic E-state index is -0.308. The summed E-state index contributed by atoms with van der Waals surface area (Å²) in [6, 6.07) is 7.58. The lowest BCUT2D eigenvalue weighted by molar-refractivity contribution is 0.627. The molecule has 0 fully saturated rings. The lowest BCUT2D eigenvalue weighted by Crippen LogP contribution is -2.12. The summed E-state index contributed by atoms with van der Waals surface area (Å²) in [6.45, 7) is 0. The molecule has 1 aromatic carbocycles. The fourth-order valence-corrected chi connectivity index (χ4v) is 4.41. The van der Waals surface area contributed by atoms with E-state index in [9.17, 15) is 9.18 Å². The first-order valence-electron chi connectivity index (χ1n) is 8.22. The Labute approximate surface area is 165 Å². The molecule has 5 aromatic rings. The van der Waals surface area contributed by atoms with Crippen molar-refractivity contribution in [2.24, 2.45) is 0 Å². The van der Waals surface area contributed by atoms with E-state index in [1.165, 1.54) is 52.0 Å². The molecule has 0 N–H and O–H groups in total. The Bertz CT molecular complexity index is 1360. The van der Waals surface area contributed by atoms with Crippen molar-refractivity contribution in [3.05, 3.63) is 76.3 Å². The second-order valence-electron chi connectivity index (χ2n) is 5.88. The molecule has 0 amide bonds. The zero-order valence-corrected chi connectivity index (χ0v) is 15.8. The molecule has 0 bridgehead atoms. The van der Waals surface area contributed by atoms with Gasteiger partial charge in [-0.2, -0.15) is 5.10 Å². The van der Waals surface area contributed by atoms with Gasteiger partial charge in [-0.25, -0.2) is 24.0 Å². The molecule has 10 heteroatoms. The summed E-state index contributed by atoms with van der Waals surface area (Å²) >= 11 is 2.88. The summed E-state index contributed by atoms with van der Waals surface area (Å²) in [6.07, 6.45) is 4.87. The van der Waals surface area contributed by atoms with Crippen molar-refractivity contribution in [2.45, 2.75) is 10.8 Å². The molecule has 4 heterocycles. The van der Waals surface area contributed by atoms with E-state index < -0.39 is 0 Å². The average molecular weight is 410 g/mol. The Morgan fingerprint density at radius 2 is 2.04 bits per heavy atom. The van der Waals surface area contributed by atoms with Gasteiger partial charge >= 0.3 is 0 Å². The number of aromatic nitrogens is 6. The summed E-state index contributed by atoms with van der Waals surface area (Å²) in [5.74, 6) is 0.189. The van der Waals surface area contributed by atoms with Crippen LogP contribution in [-0.2, 0) is 5.75 Å². The van der Waals surface area contributed by atoms with Crippen molar-refractivity contribution in [3.8, 4) is 5.69 Å². The van der Waals surface area contributed by atoms with E-state index in [4.69, 9.17) is 0 Å². The predicted octanol–water partition coefficient (Wildman–Crippen LogP) is 3.32. The number of hydrogen-bond donors (Lipinski definition) is 0. The maximum absolute atomic E-state index is 13.2. The van der Waals surface area contributed by atoms with E-state index in [0.717, 1.165) is 10.4 Å². The number of nitrogens with zero attached hydrogens (tertiary/aromatic N) is 6. The highest BCUT2D eigenvalue weighted by Gasteiger charge is 2.13. The number of halogens is 1. The molecule has 0 radical (unpaired) electrons. The van der Waals surface area contributed by atoms with Crippen molar-refractivity contribution in [1.82, 2.24) is 29.1 Å². The molecular formula is C18H11FN6OS2. The molecule has 7 nitrogen and oxygen atoms in total. The van der Waals surface area contributed by atoms with Crippen LogP contribution in [0, 0.1) is 5.82 Å². The quantitative estimate of drug-likeness (QED) is 0.334. The third kappa shape index (κ3) is 2.96. The largest absolute Gasteiger partial charge is 0.269 e. The number of hydrogen-bond acceptors (Lipinski definition) is 7. The topological polar surface area (TPSA) is 78.0 Å². The highest BCUT2D eigenvalue weighted by molar-refractivity contribution is 7.98. The van der Waals surface area contributed by atoms with Crippen LogP contribution in [0.1, 0.15) is 5.69 Å². The van der Waals surface area contributed by atoms with Crippen LogP contribution in [0.4, 0.5) is 4.39 Å². The van der Waals surface area contributed by atoms with Gasteiger partial charge in [0.05, 0.1) is 23.0 Å². The number of rotatable bonds is 4. The van der Waals surface area contributed by atoms with E-state index in [0.29, 0.717) is 27.7 Å². The highest BCUT2D eigenvalue weighted by Crippen LogP contribution is 2.28. The molecule has 0 unspecified atom stereocenters. The molecule has 0 atom stereocenters. The fraction of sp³-hybridized carbons (Fsp3) is 0.0556. The number of fused-ring (bicyclic) bond motifs is 2. The van der Waals surface area contributed by atoms with Crippen molar-refractivity contribution in [3.63, 3.8) is 0 Å². The van der Waals surface area contributed by atoms with Gasteiger partial charge in [0, 0.05) is 23.4 Å². The van der Waals surface area contributed by atoms with Crippen LogP contribution in [0.25, 0.3) is 21.7 Å². The van der Waals surface area contributed by atoms with Crippen molar-refractivity contribution < 1.29 is 4.39 Å². The van der Waals surface area contributed by atoms with Crippen LogP contribution in [-0.4, -0.2) is 29.1 Å². The Hall–Kier alpha value is -3.11. The van der Waals surface area contributed by atoms with Crippen molar-refractivity contribution >= 4 is 39.1 Å². The van der Waals surface area contributed by atoms with Crippen LogP contribution < -0.4 is 5.56 Å². The lowest BCUT2D eigenvalue weighted by Gasteiger charge is -2.04. The fourth-order valence-electron chi connectivity index (χ4n) is 2.81. The lowest BCUT2D eigenvalue weighted by atomic mass is 10.3. The average Bonchev–Trinajstić information content (AvgIpc) is 3.34. The molecular weight excluding hydrogens is 399 g/mol. The van der Waals surface area contributed by atoms with Gasteiger partial charge in [0.2, 0.25) is 0 Å². The van der Waals surface area contributed by atoms with Gasteiger partial charge in [0.15, 0.2) is 10.6 Å². The highest BCUT2D eigenvalue weighted by atomic mass is 32.2. The van der Waals surface area contributed by atoms with Crippen LogP contribution in [0.15, 0.2) is 64.3 Å². The van der Waals surface area contributed by atoms with Crippen molar-refractivity contribution in [1.29, 1.82) is 0 Å². The van der Waals surface area contributed by atoms with E-state index in [1.807, 2.05) is 5.38 Å². The smallest absolute Gasteiger partial charge is 0.258 e. The van der Waals surface area contributed by atoms with Gasteiger partial charge < -0.3 is 0 Å². The Morgan fingerprint density at radius 3 is 2.89 bits per heavy atom. The van der Waals surface area contributed by atoms with E-state index >= 15 is 0 Å². The van der Waals surface area contributed by atoms with Gasteiger partial charge in [-0.1, -0.05) is 11.8 Å².